The van der Waals surface area contributed by atoms with E-state index in [4.69, 9.17) is 27.3 Å². The first kappa shape index (κ1) is 8.36. The van der Waals surface area contributed by atoms with Crippen LogP contribution in [0.2, 0.25) is 5.02 Å². The molecular formula is C9H7ClN2O. The highest BCUT2D eigenvalue weighted by molar-refractivity contribution is 6.31. The minimum atomic E-state index is -0.125. The third kappa shape index (κ3) is 1.24. The molecule has 0 fully saturated rings. The van der Waals surface area contributed by atoms with E-state index in [1.807, 2.05) is 6.07 Å². The van der Waals surface area contributed by atoms with Crippen LogP contribution in [0, 0.1) is 11.3 Å². The van der Waals surface area contributed by atoms with Crippen LogP contribution < -0.4 is 10.5 Å². The van der Waals surface area contributed by atoms with Gasteiger partial charge in [0, 0.05) is 5.56 Å². The first-order chi connectivity index (χ1) is 6.22. The molecule has 2 rings (SSSR count). The number of rotatable bonds is 0. The summed E-state index contributed by atoms with van der Waals surface area (Å²) in [4.78, 5) is 0. The number of hydrogen-bond acceptors (Lipinski definition) is 3. The van der Waals surface area contributed by atoms with Gasteiger partial charge in [0.15, 0.2) is 0 Å². The molecule has 3 nitrogen and oxygen atoms in total. The fourth-order valence-corrected chi connectivity index (χ4v) is 1.55. The second kappa shape index (κ2) is 2.91. The Morgan fingerprint density at radius 1 is 1.62 bits per heavy atom. The third-order valence-corrected chi connectivity index (χ3v) is 2.35. The Morgan fingerprint density at radius 2 is 2.38 bits per heavy atom. The van der Waals surface area contributed by atoms with E-state index in [1.54, 1.807) is 12.1 Å². The lowest BCUT2D eigenvalue weighted by atomic mass is 10.1. The average molecular weight is 195 g/mol. The smallest absolute Gasteiger partial charge is 0.125 e. The van der Waals surface area contributed by atoms with Gasteiger partial charge in [-0.15, -0.1) is 0 Å². The molecule has 66 valence electrons. The van der Waals surface area contributed by atoms with E-state index < -0.39 is 0 Å². The van der Waals surface area contributed by atoms with Gasteiger partial charge in [-0.3, -0.25) is 0 Å². The summed E-state index contributed by atoms with van der Waals surface area (Å²) in [7, 11) is 0. The number of nitrogens with two attached hydrogens (primary N) is 1. The Labute approximate surface area is 80.7 Å². The van der Waals surface area contributed by atoms with Crippen LogP contribution in [0.15, 0.2) is 12.1 Å². The number of ether oxygens (including phenoxy) is 1. The Balaban J connectivity index is 2.58. The summed E-state index contributed by atoms with van der Waals surface area (Å²) in [5, 5.41) is 9.13. The zero-order valence-corrected chi connectivity index (χ0v) is 7.51. The fraction of sp³-hybridized carbons (Fsp3) is 0.222. The number of nitrogens with zero attached hydrogens (tertiary/aromatic N) is 1. The molecule has 1 aromatic carbocycles. The van der Waals surface area contributed by atoms with Gasteiger partial charge < -0.3 is 10.5 Å². The van der Waals surface area contributed by atoms with Crippen molar-refractivity contribution in [2.24, 2.45) is 5.73 Å². The van der Waals surface area contributed by atoms with Gasteiger partial charge in [0.25, 0.3) is 0 Å². The normalized spacial score (nSPS) is 19.0. The first-order valence-corrected chi connectivity index (χ1v) is 4.22. The van der Waals surface area contributed by atoms with Gasteiger partial charge in [-0.1, -0.05) is 11.6 Å². The van der Waals surface area contributed by atoms with Crippen molar-refractivity contribution in [2.75, 3.05) is 6.61 Å². The Morgan fingerprint density at radius 3 is 3.08 bits per heavy atom. The van der Waals surface area contributed by atoms with E-state index in [2.05, 4.69) is 0 Å². The second-order valence-electron chi connectivity index (χ2n) is 2.90. The Bertz CT molecular complexity index is 397. The molecule has 1 atom stereocenters. The summed E-state index contributed by atoms with van der Waals surface area (Å²) in [5.74, 6) is 0.674. The highest BCUT2D eigenvalue weighted by Crippen LogP contribution is 2.34. The van der Waals surface area contributed by atoms with Crippen LogP contribution in [-0.4, -0.2) is 6.61 Å². The summed E-state index contributed by atoms with van der Waals surface area (Å²) in [5.41, 5.74) is 7.04. The molecule has 1 aliphatic rings. The van der Waals surface area contributed by atoms with E-state index in [-0.39, 0.29) is 6.04 Å². The molecule has 1 aromatic rings. The second-order valence-corrected chi connectivity index (χ2v) is 3.31. The molecule has 0 aliphatic carbocycles. The van der Waals surface area contributed by atoms with Crippen molar-refractivity contribution in [1.29, 1.82) is 5.26 Å². The lowest BCUT2D eigenvalue weighted by Crippen LogP contribution is -2.10. The summed E-state index contributed by atoms with van der Waals surface area (Å²) in [6.45, 7) is 0.459. The molecule has 4 heteroatoms. The summed E-state index contributed by atoms with van der Waals surface area (Å²) in [6.07, 6.45) is 0. The van der Waals surface area contributed by atoms with Gasteiger partial charge in [-0.25, -0.2) is 0 Å². The lowest BCUT2D eigenvalue weighted by molar-refractivity contribution is 0.333. The molecule has 1 aliphatic heterocycles. The van der Waals surface area contributed by atoms with Gasteiger partial charge in [-0.05, 0) is 12.1 Å². The van der Waals surface area contributed by atoms with Crippen molar-refractivity contribution in [3.8, 4) is 11.8 Å². The predicted octanol–water partition coefficient (Wildman–Crippen LogP) is 1.60. The minimum Gasteiger partial charge on any atom is -0.491 e. The molecule has 0 spiro atoms. The molecule has 2 N–H and O–H groups in total. The van der Waals surface area contributed by atoms with E-state index >= 15 is 0 Å². The van der Waals surface area contributed by atoms with Crippen molar-refractivity contribution >= 4 is 11.6 Å². The summed E-state index contributed by atoms with van der Waals surface area (Å²) >= 11 is 5.84. The van der Waals surface area contributed by atoms with Crippen molar-refractivity contribution in [1.82, 2.24) is 0 Å². The van der Waals surface area contributed by atoms with Crippen molar-refractivity contribution in [3.63, 3.8) is 0 Å². The molecule has 1 heterocycles. The summed E-state index contributed by atoms with van der Waals surface area (Å²) < 4.78 is 5.27. The van der Waals surface area contributed by atoms with Crippen LogP contribution in [0.3, 0.4) is 0 Å². The van der Waals surface area contributed by atoms with Crippen molar-refractivity contribution in [2.45, 2.75) is 6.04 Å². The zero-order valence-electron chi connectivity index (χ0n) is 6.75. The van der Waals surface area contributed by atoms with E-state index in [9.17, 15) is 0 Å². The number of benzene rings is 1. The largest absolute Gasteiger partial charge is 0.491 e. The molecule has 0 saturated heterocycles. The van der Waals surface area contributed by atoms with E-state index in [0.29, 0.717) is 22.9 Å². The Hall–Kier alpha value is -1.24. The standard InChI is InChI=1S/C9H7ClN2O/c10-7-2-6-8(12)4-13-9(6)1-5(7)3-11/h1-2,8H,4,12H2. The van der Waals surface area contributed by atoms with E-state index in [0.717, 1.165) is 5.56 Å². The monoisotopic (exact) mass is 194 g/mol. The van der Waals surface area contributed by atoms with E-state index in [1.165, 1.54) is 0 Å². The minimum absolute atomic E-state index is 0.125. The van der Waals surface area contributed by atoms with Gasteiger partial charge >= 0.3 is 0 Å². The maximum absolute atomic E-state index is 8.69. The van der Waals surface area contributed by atoms with Crippen LogP contribution in [0.5, 0.6) is 5.75 Å². The zero-order chi connectivity index (χ0) is 9.42. The van der Waals surface area contributed by atoms with Gasteiger partial charge in [0.05, 0.1) is 16.6 Å². The molecule has 0 bridgehead atoms. The first-order valence-electron chi connectivity index (χ1n) is 3.84. The average Bonchev–Trinajstić information content (AvgIpc) is 2.47. The SMILES string of the molecule is N#Cc1cc2c(cc1Cl)C(N)CO2. The maximum Gasteiger partial charge on any atom is 0.125 e. The van der Waals surface area contributed by atoms with Gasteiger partial charge in [0.2, 0.25) is 0 Å². The summed E-state index contributed by atoms with van der Waals surface area (Å²) in [6, 6.07) is 5.19. The maximum atomic E-state index is 8.69. The molecule has 1 unspecified atom stereocenters. The number of hydrogen-bond donors (Lipinski definition) is 1. The van der Waals surface area contributed by atoms with Crippen molar-refractivity contribution < 1.29 is 4.74 Å². The van der Waals surface area contributed by atoms with Crippen LogP contribution in [-0.2, 0) is 0 Å². The molecule has 0 amide bonds. The molecule has 0 radical (unpaired) electrons. The van der Waals surface area contributed by atoms with Crippen LogP contribution >= 0.6 is 11.6 Å². The quantitative estimate of drug-likeness (QED) is 0.683. The Kier molecular flexibility index (Phi) is 1.87. The molecule has 0 aromatic heterocycles. The highest BCUT2D eigenvalue weighted by atomic mass is 35.5. The van der Waals surface area contributed by atoms with Crippen molar-refractivity contribution in [3.05, 3.63) is 28.3 Å². The number of fused-ring (bicyclic) bond motifs is 1. The van der Waals surface area contributed by atoms with Crippen LogP contribution in [0.4, 0.5) is 0 Å². The third-order valence-electron chi connectivity index (χ3n) is 2.04. The van der Waals surface area contributed by atoms with Crippen LogP contribution in [0.1, 0.15) is 17.2 Å². The predicted molar refractivity (Wildman–Crippen MR) is 48.6 cm³/mol. The molecule has 0 saturated carbocycles. The van der Waals surface area contributed by atoms with Gasteiger partial charge in [0.1, 0.15) is 18.4 Å². The number of halogens is 1. The van der Waals surface area contributed by atoms with Crippen LogP contribution in [0.25, 0.3) is 0 Å². The van der Waals surface area contributed by atoms with Gasteiger partial charge in [-0.2, -0.15) is 5.26 Å². The fourth-order valence-electron chi connectivity index (χ4n) is 1.34. The molecule has 13 heavy (non-hydrogen) atoms. The topological polar surface area (TPSA) is 59.0 Å². The molecular weight excluding hydrogens is 188 g/mol. The lowest BCUT2D eigenvalue weighted by Gasteiger charge is -2.02. The number of nitriles is 1. The highest BCUT2D eigenvalue weighted by Gasteiger charge is 2.22.